The lowest BCUT2D eigenvalue weighted by Gasteiger charge is -2.32. The third-order valence-corrected chi connectivity index (χ3v) is 4.53. The van der Waals surface area contributed by atoms with Crippen molar-refractivity contribution in [3.8, 4) is 0 Å². The normalized spacial score (nSPS) is 25.0. The summed E-state index contributed by atoms with van der Waals surface area (Å²) in [6.07, 6.45) is -4.80. The van der Waals surface area contributed by atoms with Crippen LogP contribution in [0.15, 0.2) is 0 Å². The van der Waals surface area contributed by atoms with Crippen LogP contribution in [0.3, 0.4) is 0 Å². The highest BCUT2D eigenvalue weighted by Gasteiger charge is 2.35. The van der Waals surface area contributed by atoms with E-state index in [9.17, 15) is 20.4 Å². The largest absolute Gasteiger partial charge is 1.00 e. The molecule has 0 bridgehead atoms. The monoisotopic (exact) mass is 392 g/mol. The zero-order valence-electron chi connectivity index (χ0n) is 13.7. The van der Waals surface area contributed by atoms with Gasteiger partial charge in [0.25, 0.3) is 0 Å². The smallest absolute Gasteiger partial charge is 0.131 e. The van der Waals surface area contributed by atoms with Crippen LogP contribution in [-0.4, -0.2) is 111 Å². The summed E-state index contributed by atoms with van der Waals surface area (Å²) >= 11 is 0. The third-order valence-electron chi connectivity index (χ3n) is 4.53. The van der Waals surface area contributed by atoms with Crippen LogP contribution >= 0.6 is 0 Å². The van der Waals surface area contributed by atoms with Crippen LogP contribution in [0.5, 0.6) is 0 Å². The van der Waals surface area contributed by atoms with E-state index in [2.05, 4.69) is 0 Å². The molecule has 10 heteroatoms. The Morgan fingerprint density at radius 2 is 0.917 bits per heavy atom. The van der Waals surface area contributed by atoms with Gasteiger partial charge in [-0.2, -0.15) is 0 Å². The summed E-state index contributed by atoms with van der Waals surface area (Å²) in [6.45, 7) is 6.37. The topological polar surface area (TPSA) is 108 Å². The SMILES string of the molecule is OC(C[NH+]1CCOCC1)C(O)C(O)C(O)C[NH+]1CCOCC1.[Cl-].[Cl-]. The van der Waals surface area contributed by atoms with Gasteiger partial charge in [-0.25, -0.2) is 0 Å². The Hall–Kier alpha value is 0.260. The standard InChI is InChI=1S/C14H28N2O6.2ClH/c17-11(9-15-1-5-21-6-2-15)13(19)14(20)12(18)10-16-3-7-22-8-4-16;;/h11-14,17-20H,1-10H2;2*1H. The maximum atomic E-state index is 10.1. The highest BCUT2D eigenvalue weighted by molar-refractivity contribution is 4.80. The van der Waals surface area contributed by atoms with Crippen molar-refractivity contribution in [2.45, 2.75) is 24.4 Å². The molecule has 0 amide bonds. The van der Waals surface area contributed by atoms with Gasteiger partial charge in [-0.1, -0.05) is 0 Å². The maximum Gasteiger partial charge on any atom is 0.131 e. The quantitative estimate of drug-likeness (QED) is 0.257. The zero-order valence-corrected chi connectivity index (χ0v) is 15.3. The second-order valence-corrected chi connectivity index (χ2v) is 6.25. The van der Waals surface area contributed by atoms with Crippen molar-refractivity contribution in [1.82, 2.24) is 0 Å². The minimum atomic E-state index is -1.34. The minimum Gasteiger partial charge on any atom is -1.00 e. The Balaban J connectivity index is 0.00000264. The molecule has 2 fully saturated rings. The van der Waals surface area contributed by atoms with E-state index in [1.54, 1.807) is 0 Å². The van der Waals surface area contributed by atoms with Gasteiger partial charge in [0.1, 0.15) is 63.7 Å². The summed E-state index contributed by atoms with van der Waals surface area (Å²) in [5, 5.41) is 40.3. The van der Waals surface area contributed by atoms with Crippen LogP contribution in [0, 0.1) is 0 Å². The molecule has 6 N–H and O–H groups in total. The van der Waals surface area contributed by atoms with Crippen molar-refractivity contribution in [1.29, 1.82) is 0 Å². The third kappa shape index (κ3) is 7.65. The van der Waals surface area contributed by atoms with Gasteiger partial charge in [0.05, 0.1) is 26.4 Å². The van der Waals surface area contributed by atoms with Crippen LogP contribution in [0.1, 0.15) is 0 Å². The first kappa shape index (κ1) is 24.3. The van der Waals surface area contributed by atoms with Crippen LogP contribution in [-0.2, 0) is 9.47 Å². The van der Waals surface area contributed by atoms with Crippen molar-refractivity contribution in [2.75, 3.05) is 65.7 Å². The van der Waals surface area contributed by atoms with Gasteiger partial charge < -0.3 is 64.5 Å². The molecule has 0 aromatic rings. The Bertz CT molecular complexity index is 290. The Labute approximate surface area is 155 Å². The van der Waals surface area contributed by atoms with Crippen molar-refractivity contribution >= 4 is 0 Å². The van der Waals surface area contributed by atoms with E-state index in [0.717, 1.165) is 36.0 Å². The molecular weight excluding hydrogens is 363 g/mol. The molecule has 2 saturated heterocycles. The number of hydrogen-bond acceptors (Lipinski definition) is 6. The predicted octanol–water partition coefficient (Wildman–Crippen LogP) is -11.7. The molecule has 2 rings (SSSR count). The fourth-order valence-corrected chi connectivity index (χ4v) is 3.02. The van der Waals surface area contributed by atoms with Gasteiger partial charge in [0.2, 0.25) is 0 Å². The van der Waals surface area contributed by atoms with E-state index in [1.807, 2.05) is 0 Å². The number of aliphatic hydroxyl groups excluding tert-OH is 4. The summed E-state index contributed by atoms with van der Waals surface area (Å²) in [5.74, 6) is 0. The van der Waals surface area contributed by atoms with E-state index in [4.69, 9.17) is 9.47 Å². The lowest BCUT2D eigenvalue weighted by atomic mass is 10.0. The molecule has 24 heavy (non-hydrogen) atoms. The molecule has 0 aliphatic carbocycles. The Kier molecular flexibility index (Phi) is 12.7. The number of rotatable bonds is 7. The number of halogens is 2. The van der Waals surface area contributed by atoms with Gasteiger partial charge >= 0.3 is 0 Å². The van der Waals surface area contributed by atoms with Crippen LogP contribution in [0.4, 0.5) is 0 Å². The summed E-state index contributed by atoms with van der Waals surface area (Å²) < 4.78 is 10.5. The van der Waals surface area contributed by atoms with Gasteiger partial charge in [0, 0.05) is 0 Å². The molecule has 4 unspecified atom stereocenters. The number of aliphatic hydroxyl groups is 4. The van der Waals surface area contributed by atoms with Crippen molar-refractivity contribution < 1.29 is 64.5 Å². The molecule has 2 aliphatic heterocycles. The summed E-state index contributed by atoms with van der Waals surface area (Å²) in [7, 11) is 0. The van der Waals surface area contributed by atoms with Gasteiger partial charge in [-0.05, 0) is 0 Å². The second kappa shape index (κ2) is 12.6. The molecule has 4 atom stereocenters. The van der Waals surface area contributed by atoms with Crippen LogP contribution < -0.4 is 34.6 Å². The number of nitrogens with one attached hydrogen (secondary N) is 2. The second-order valence-electron chi connectivity index (χ2n) is 6.25. The molecule has 8 nitrogen and oxygen atoms in total. The minimum absolute atomic E-state index is 0. The molecule has 0 spiro atoms. The lowest BCUT2D eigenvalue weighted by molar-refractivity contribution is -0.912. The highest BCUT2D eigenvalue weighted by Crippen LogP contribution is 2.03. The fourth-order valence-electron chi connectivity index (χ4n) is 3.02. The lowest BCUT2D eigenvalue weighted by Crippen LogP contribution is -3.15. The molecule has 2 heterocycles. The van der Waals surface area contributed by atoms with Gasteiger partial charge in [0.15, 0.2) is 0 Å². The maximum absolute atomic E-state index is 10.1. The number of quaternary nitrogens is 2. The van der Waals surface area contributed by atoms with Crippen LogP contribution in [0.2, 0.25) is 0 Å². The first-order valence-electron chi connectivity index (χ1n) is 8.13. The first-order chi connectivity index (χ1) is 10.6. The average molecular weight is 393 g/mol. The Morgan fingerprint density at radius 3 is 1.21 bits per heavy atom. The van der Waals surface area contributed by atoms with Crippen molar-refractivity contribution in [2.24, 2.45) is 0 Å². The molecular formula is C14H30Cl2N2O6. The molecule has 2 aliphatic rings. The summed E-state index contributed by atoms with van der Waals surface area (Å²) in [4.78, 5) is 2.27. The average Bonchev–Trinajstić information content (AvgIpc) is 2.55. The highest BCUT2D eigenvalue weighted by atomic mass is 35.5. The van der Waals surface area contributed by atoms with E-state index < -0.39 is 24.4 Å². The van der Waals surface area contributed by atoms with E-state index >= 15 is 0 Å². The van der Waals surface area contributed by atoms with Gasteiger partial charge in [-0.15, -0.1) is 0 Å². The van der Waals surface area contributed by atoms with Crippen LogP contribution in [0.25, 0.3) is 0 Å². The number of morpholine rings is 2. The van der Waals surface area contributed by atoms with Crippen molar-refractivity contribution in [3.63, 3.8) is 0 Å². The molecule has 0 aromatic heterocycles. The number of hydrogen-bond donors (Lipinski definition) is 6. The molecule has 0 saturated carbocycles. The predicted molar refractivity (Wildman–Crippen MR) is 76.8 cm³/mol. The summed E-state index contributed by atoms with van der Waals surface area (Å²) in [5.41, 5.74) is 0. The van der Waals surface area contributed by atoms with E-state index in [0.29, 0.717) is 39.5 Å². The molecule has 146 valence electrons. The fraction of sp³-hybridized carbons (Fsp3) is 1.00. The Morgan fingerprint density at radius 1 is 0.625 bits per heavy atom. The van der Waals surface area contributed by atoms with Gasteiger partial charge in [-0.3, -0.25) is 0 Å². The van der Waals surface area contributed by atoms with E-state index in [-0.39, 0.29) is 24.8 Å². The van der Waals surface area contributed by atoms with E-state index in [1.165, 1.54) is 0 Å². The summed E-state index contributed by atoms with van der Waals surface area (Å²) in [6, 6.07) is 0. The molecule has 0 aromatic carbocycles. The number of ether oxygens (including phenoxy) is 2. The first-order valence-corrected chi connectivity index (χ1v) is 8.13. The molecule has 0 radical (unpaired) electrons. The zero-order chi connectivity index (χ0) is 15.9. The van der Waals surface area contributed by atoms with Crippen molar-refractivity contribution in [3.05, 3.63) is 0 Å².